The third-order valence-electron chi connectivity index (χ3n) is 5.08. The first kappa shape index (κ1) is 23.3. The van der Waals surface area contributed by atoms with Gasteiger partial charge < -0.3 is 15.5 Å². The molecule has 0 amide bonds. The summed E-state index contributed by atoms with van der Waals surface area (Å²) < 4.78 is 38.4. The highest BCUT2D eigenvalue weighted by Gasteiger charge is 2.31. The summed E-state index contributed by atoms with van der Waals surface area (Å²) >= 11 is 0. The van der Waals surface area contributed by atoms with Crippen LogP contribution in [0.15, 0.2) is 34.2 Å². The van der Waals surface area contributed by atoms with E-state index in [1.165, 1.54) is 31.0 Å². The van der Waals surface area contributed by atoms with Crippen molar-refractivity contribution in [1.29, 1.82) is 0 Å². The van der Waals surface area contributed by atoms with Gasteiger partial charge in [0.05, 0.1) is 12.3 Å². The van der Waals surface area contributed by atoms with Crippen LogP contribution in [-0.4, -0.2) is 63.3 Å². The Morgan fingerprint density at radius 2 is 1.89 bits per heavy atom. The van der Waals surface area contributed by atoms with Gasteiger partial charge in [0.1, 0.15) is 10.7 Å². The minimum Gasteiger partial charge on any atom is -0.357 e. The zero-order chi connectivity index (χ0) is 19.3. The summed E-state index contributed by atoms with van der Waals surface area (Å²) in [5.41, 5.74) is 0. The third kappa shape index (κ3) is 6.55. The van der Waals surface area contributed by atoms with Crippen molar-refractivity contribution in [1.82, 2.24) is 15.5 Å². The van der Waals surface area contributed by atoms with E-state index in [9.17, 15) is 12.8 Å². The van der Waals surface area contributed by atoms with E-state index in [-0.39, 0.29) is 41.2 Å². The normalized spacial score (nSPS) is 19.1. The molecule has 158 valence electrons. The van der Waals surface area contributed by atoms with Gasteiger partial charge in [0, 0.05) is 31.7 Å². The van der Waals surface area contributed by atoms with Gasteiger partial charge in [-0.05, 0) is 44.7 Å². The second-order valence-electron chi connectivity index (χ2n) is 7.20. The number of likely N-dealkylation sites (tertiary alicyclic amines) is 1. The fourth-order valence-corrected chi connectivity index (χ4v) is 4.65. The van der Waals surface area contributed by atoms with Gasteiger partial charge in [-0.2, -0.15) is 0 Å². The molecule has 2 fully saturated rings. The van der Waals surface area contributed by atoms with Gasteiger partial charge in [0.25, 0.3) is 0 Å². The van der Waals surface area contributed by atoms with Gasteiger partial charge in [0.15, 0.2) is 15.8 Å². The number of nitrogens with zero attached hydrogens (tertiary/aromatic N) is 2. The van der Waals surface area contributed by atoms with Crippen molar-refractivity contribution in [3.8, 4) is 0 Å². The summed E-state index contributed by atoms with van der Waals surface area (Å²) in [6.07, 6.45) is 4.79. The van der Waals surface area contributed by atoms with E-state index in [1.807, 2.05) is 6.92 Å². The summed E-state index contributed by atoms with van der Waals surface area (Å²) in [4.78, 5) is 6.69. The SMILES string of the molecule is CCNC(=NCCS(=O)(=O)c1ccccc1F)NC1CCN(C2CC2)CC1.I. The summed E-state index contributed by atoms with van der Waals surface area (Å²) in [7, 11) is -3.69. The molecule has 1 heterocycles. The molecule has 2 aliphatic rings. The van der Waals surface area contributed by atoms with Gasteiger partial charge in [-0.15, -0.1) is 24.0 Å². The van der Waals surface area contributed by atoms with Crippen LogP contribution in [0.4, 0.5) is 4.39 Å². The smallest absolute Gasteiger partial charge is 0.191 e. The van der Waals surface area contributed by atoms with Crippen molar-refractivity contribution in [3.05, 3.63) is 30.1 Å². The molecule has 0 spiro atoms. The predicted molar refractivity (Wildman–Crippen MR) is 121 cm³/mol. The topological polar surface area (TPSA) is 73.8 Å². The zero-order valence-electron chi connectivity index (χ0n) is 16.2. The van der Waals surface area contributed by atoms with E-state index < -0.39 is 15.7 Å². The van der Waals surface area contributed by atoms with Crippen LogP contribution in [0.25, 0.3) is 0 Å². The number of rotatable bonds is 7. The summed E-state index contributed by atoms with van der Waals surface area (Å²) in [6.45, 7) is 4.97. The monoisotopic (exact) mass is 524 g/mol. The number of aliphatic imine (C=N–C) groups is 1. The minimum atomic E-state index is -3.69. The van der Waals surface area contributed by atoms with Crippen LogP contribution in [0.1, 0.15) is 32.6 Å². The van der Waals surface area contributed by atoms with Gasteiger partial charge in [-0.3, -0.25) is 4.99 Å². The lowest BCUT2D eigenvalue weighted by molar-refractivity contribution is 0.197. The maximum absolute atomic E-state index is 13.8. The Kier molecular flexibility index (Phi) is 8.94. The molecule has 0 atom stereocenters. The van der Waals surface area contributed by atoms with E-state index >= 15 is 0 Å². The Morgan fingerprint density at radius 3 is 2.50 bits per heavy atom. The number of piperidine rings is 1. The maximum Gasteiger partial charge on any atom is 0.191 e. The highest BCUT2D eigenvalue weighted by Crippen LogP contribution is 2.29. The van der Waals surface area contributed by atoms with E-state index in [2.05, 4.69) is 20.5 Å². The molecule has 2 N–H and O–H groups in total. The number of sulfone groups is 1. The van der Waals surface area contributed by atoms with Crippen LogP contribution in [0.2, 0.25) is 0 Å². The first-order chi connectivity index (χ1) is 13.0. The van der Waals surface area contributed by atoms with E-state index in [4.69, 9.17) is 0 Å². The Balaban J connectivity index is 0.00000280. The van der Waals surface area contributed by atoms with Crippen molar-refractivity contribution < 1.29 is 12.8 Å². The number of halogens is 2. The Bertz CT molecular complexity index is 763. The average molecular weight is 524 g/mol. The average Bonchev–Trinajstić information content (AvgIpc) is 3.48. The first-order valence-electron chi connectivity index (χ1n) is 9.76. The number of guanidine groups is 1. The molecule has 6 nitrogen and oxygen atoms in total. The summed E-state index contributed by atoms with van der Waals surface area (Å²) in [5.74, 6) is -0.301. The van der Waals surface area contributed by atoms with Crippen molar-refractivity contribution in [2.45, 2.75) is 49.6 Å². The number of benzene rings is 1. The second-order valence-corrected chi connectivity index (χ2v) is 9.27. The minimum absolute atomic E-state index is 0. The van der Waals surface area contributed by atoms with Crippen molar-refractivity contribution >= 4 is 39.8 Å². The lowest BCUT2D eigenvalue weighted by Gasteiger charge is -2.33. The molecule has 1 saturated heterocycles. The molecule has 0 aromatic heterocycles. The van der Waals surface area contributed by atoms with Gasteiger partial charge >= 0.3 is 0 Å². The van der Waals surface area contributed by atoms with Crippen LogP contribution >= 0.6 is 24.0 Å². The molecule has 0 bridgehead atoms. The van der Waals surface area contributed by atoms with Gasteiger partial charge in [-0.25, -0.2) is 12.8 Å². The van der Waals surface area contributed by atoms with Crippen LogP contribution < -0.4 is 10.6 Å². The molecule has 0 unspecified atom stereocenters. The van der Waals surface area contributed by atoms with Crippen molar-refractivity contribution in [2.24, 2.45) is 4.99 Å². The van der Waals surface area contributed by atoms with E-state index in [0.29, 0.717) is 18.5 Å². The van der Waals surface area contributed by atoms with Gasteiger partial charge in [-0.1, -0.05) is 12.1 Å². The van der Waals surface area contributed by atoms with Crippen LogP contribution in [0, 0.1) is 5.82 Å². The zero-order valence-corrected chi connectivity index (χ0v) is 19.4. The van der Waals surface area contributed by atoms with E-state index in [1.54, 1.807) is 0 Å². The largest absolute Gasteiger partial charge is 0.357 e. The lowest BCUT2D eigenvalue weighted by Crippen LogP contribution is -2.49. The fraction of sp³-hybridized carbons (Fsp3) is 0.632. The second kappa shape index (κ2) is 10.7. The molecule has 1 aromatic rings. The number of hydrogen-bond acceptors (Lipinski definition) is 4. The molecule has 1 aliphatic heterocycles. The first-order valence-corrected chi connectivity index (χ1v) is 11.4. The number of nitrogens with one attached hydrogen (secondary N) is 2. The predicted octanol–water partition coefficient (Wildman–Crippen LogP) is 2.40. The Hall–Kier alpha value is -0.940. The van der Waals surface area contributed by atoms with Crippen molar-refractivity contribution in [2.75, 3.05) is 31.9 Å². The maximum atomic E-state index is 13.8. The highest BCUT2D eigenvalue weighted by atomic mass is 127. The van der Waals surface area contributed by atoms with E-state index in [0.717, 1.165) is 38.0 Å². The lowest BCUT2D eigenvalue weighted by atomic mass is 10.1. The third-order valence-corrected chi connectivity index (χ3v) is 6.80. The standard InChI is InChI=1S/C19H29FN4O2S.HI/c1-2-21-19(23-15-9-12-24(13-10-15)16-7-8-16)22-11-14-27(25,26)18-6-4-3-5-17(18)20;/h3-6,15-16H,2,7-14H2,1H3,(H2,21,22,23);1H. The summed E-state index contributed by atoms with van der Waals surface area (Å²) in [6, 6.07) is 6.62. The number of hydrogen-bond donors (Lipinski definition) is 2. The van der Waals surface area contributed by atoms with Gasteiger partial charge in [0.2, 0.25) is 0 Å². The molecular formula is C19H30FIN4O2S. The fourth-order valence-electron chi connectivity index (χ4n) is 3.45. The molecule has 0 radical (unpaired) electrons. The summed E-state index contributed by atoms with van der Waals surface area (Å²) in [5, 5.41) is 6.59. The Morgan fingerprint density at radius 1 is 1.21 bits per heavy atom. The molecule has 1 saturated carbocycles. The molecule has 9 heteroatoms. The van der Waals surface area contributed by atoms with Crippen LogP contribution in [0.5, 0.6) is 0 Å². The quantitative estimate of drug-likeness (QED) is 0.326. The Labute approximate surface area is 184 Å². The van der Waals surface area contributed by atoms with Crippen molar-refractivity contribution in [3.63, 3.8) is 0 Å². The molecular weight excluding hydrogens is 494 g/mol. The highest BCUT2D eigenvalue weighted by molar-refractivity contribution is 14.0. The molecule has 1 aliphatic carbocycles. The molecule has 1 aromatic carbocycles. The molecule has 28 heavy (non-hydrogen) atoms. The van der Waals surface area contributed by atoms with Crippen LogP contribution in [-0.2, 0) is 9.84 Å². The molecule has 3 rings (SSSR count). The van der Waals surface area contributed by atoms with Crippen LogP contribution in [0.3, 0.4) is 0 Å².